The zero-order chi connectivity index (χ0) is 24.0. The molecular weight excluding hydrogens is 496 g/mol. The van der Waals surface area contributed by atoms with Gasteiger partial charge in [0, 0.05) is 16.0 Å². The van der Waals surface area contributed by atoms with Crippen LogP contribution >= 0.6 is 22.9 Å². The number of aromatic carboxylic acids is 1. The molecule has 0 amide bonds. The van der Waals surface area contributed by atoms with Crippen LogP contribution in [0.15, 0.2) is 64.1 Å². The molecule has 0 saturated heterocycles. The molecule has 174 valence electrons. The molecule has 34 heavy (non-hydrogen) atoms. The number of aromatic nitrogens is 1. The number of aryl methyl sites for hydroxylation is 1. The Bertz CT molecular complexity index is 1520. The highest BCUT2D eigenvalue weighted by Crippen LogP contribution is 2.44. The van der Waals surface area contributed by atoms with Gasteiger partial charge >= 0.3 is 5.97 Å². The molecule has 0 spiro atoms. The summed E-state index contributed by atoms with van der Waals surface area (Å²) in [4.78, 5) is 12.3. The summed E-state index contributed by atoms with van der Waals surface area (Å²) in [6.07, 6.45) is 3.32. The number of anilines is 1. The number of sulfonamides is 1. The van der Waals surface area contributed by atoms with Crippen LogP contribution in [0.2, 0.25) is 4.34 Å². The second-order valence-electron chi connectivity index (χ2n) is 8.10. The summed E-state index contributed by atoms with van der Waals surface area (Å²) in [5.74, 6) is -0.473. The van der Waals surface area contributed by atoms with E-state index in [1.54, 1.807) is 31.3 Å². The Morgan fingerprint density at radius 1 is 1.15 bits per heavy atom. The summed E-state index contributed by atoms with van der Waals surface area (Å²) in [7, 11) is -4.11. The van der Waals surface area contributed by atoms with E-state index < -0.39 is 16.0 Å². The largest absolute Gasteiger partial charge is 0.478 e. The van der Waals surface area contributed by atoms with Crippen LogP contribution in [0.1, 0.15) is 40.4 Å². The highest BCUT2D eigenvalue weighted by Gasteiger charge is 2.31. The molecule has 1 fully saturated rings. The number of carboxylic acids is 1. The maximum absolute atomic E-state index is 13.6. The SMILES string of the molecule is Cc1oncc1-c1ccc(-c2ccc(Cl)s2)c(NS(=O)(=O)c2cc(C(=O)O)ccc2C2CC2)c1. The van der Waals surface area contributed by atoms with E-state index in [1.165, 1.54) is 23.5 Å². The van der Waals surface area contributed by atoms with Crippen molar-refractivity contribution in [3.63, 3.8) is 0 Å². The maximum atomic E-state index is 13.6. The predicted molar refractivity (Wildman–Crippen MR) is 131 cm³/mol. The van der Waals surface area contributed by atoms with Crippen LogP contribution in [0.5, 0.6) is 0 Å². The Kier molecular flexibility index (Phi) is 5.71. The number of nitrogens with zero attached hydrogens (tertiary/aromatic N) is 1. The van der Waals surface area contributed by atoms with Crippen LogP contribution in [-0.4, -0.2) is 24.7 Å². The van der Waals surface area contributed by atoms with Gasteiger partial charge in [0.2, 0.25) is 0 Å². The van der Waals surface area contributed by atoms with Crippen LogP contribution in [-0.2, 0) is 10.0 Å². The van der Waals surface area contributed by atoms with Gasteiger partial charge in [-0.25, -0.2) is 13.2 Å². The fourth-order valence-corrected chi connectivity index (χ4v) is 6.36. The summed E-state index contributed by atoms with van der Waals surface area (Å²) in [5, 5.41) is 13.2. The fourth-order valence-electron chi connectivity index (χ4n) is 3.88. The number of hydrogen-bond acceptors (Lipinski definition) is 6. The molecule has 0 atom stereocenters. The van der Waals surface area contributed by atoms with Crippen molar-refractivity contribution in [3.8, 4) is 21.6 Å². The molecule has 7 nitrogen and oxygen atoms in total. The van der Waals surface area contributed by atoms with Crippen molar-refractivity contribution in [3.05, 3.63) is 76.0 Å². The minimum atomic E-state index is -4.11. The molecular formula is C24H19ClN2O5S2. The monoisotopic (exact) mass is 514 g/mol. The third kappa shape index (κ3) is 4.34. The first-order valence-electron chi connectivity index (χ1n) is 10.4. The van der Waals surface area contributed by atoms with Crippen LogP contribution in [0.4, 0.5) is 5.69 Å². The van der Waals surface area contributed by atoms with Crippen molar-refractivity contribution in [2.75, 3.05) is 4.72 Å². The summed E-state index contributed by atoms with van der Waals surface area (Å²) < 4.78 is 35.7. The summed E-state index contributed by atoms with van der Waals surface area (Å²) in [5.41, 5.74) is 3.01. The molecule has 1 aliphatic rings. The van der Waals surface area contributed by atoms with Gasteiger partial charge < -0.3 is 9.63 Å². The van der Waals surface area contributed by atoms with E-state index in [0.717, 1.165) is 28.8 Å². The molecule has 0 unspecified atom stereocenters. The molecule has 4 aromatic rings. The summed E-state index contributed by atoms with van der Waals surface area (Å²) >= 11 is 7.47. The zero-order valence-electron chi connectivity index (χ0n) is 17.9. The van der Waals surface area contributed by atoms with E-state index in [2.05, 4.69) is 9.88 Å². The van der Waals surface area contributed by atoms with Crippen molar-refractivity contribution in [1.29, 1.82) is 0 Å². The van der Waals surface area contributed by atoms with Gasteiger partial charge in [0.25, 0.3) is 10.0 Å². The Hall–Kier alpha value is -3.14. The Morgan fingerprint density at radius 3 is 2.56 bits per heavy atom. The molecule has 0 bridgehead atoms. The number of hydrogen-bond donors (Lipinski definition) is 2. The average molecular weight is 515 g/mol. The van der Waals surface area contributed by atoms with E-state index >= 15 is 0 Å². The first-order chi connectivity index (χ1) is 16.2. The minimum Gasteiger partial charge on any atom is -0.478 e. The lowest BCUT2D eigenvalue weighted by Crippen LogP contribution is -2.16. The number of carboxylic acid groups (broad SMARTS) is 1. The van der Waals surface area contributed by atoms with Gasteiger partial charge in [-0.2, -0.15) is 0 Å². The molecule has 1 aliphatic carbocycles. The zero-order valence-corrected chi connectivity index (χ0v) is 20.3. The molecule has 5 rings (SSSR count). The van der Waals surface area contributed by atoms with E-state index in [-0.39, 0.29) is 16.4 Å². The van der Waals surface area contributed by atoms with Gasteiger partial charge in [-0.15, -0.1) is 11.3 Å². The molecule has 0 radical (unpaired) electrons. The van der Waals surface area contributed by atoms with Crippen molar-refractivity contribution in [2.24, 2.45) is 0 Å². The fraction of sp³-hybridized carbons (Fsp3) is 0.167. The summed E-state index contributed by atoms with van der Waals surface area (Å²) in [6.45, 7) is 1.78. The van der Waals surface area contributed by atoms with Crippen molar-refractivity contribution < 1.29 is 22.8 Å². The van der Waals surface area contributed by atoms with E-state index in [1.807, 2.05) is 18.2 Å². The lowest BCUT2D eigenvalue weighted by atomic mass is 10.0. The molecule has 2 N–H and O–H groups in total. The van der Waals surface area contributed by atoms with Crippen LogP contribution < -0.4 is 4.72 Å². The van der Waals surface area contributed by atoms with E-state index in [9.17, 15) is 18.3 Å². The van der Waals surface area contributed by atoms with Crippen molar-refractivity contribution in [1.82, 2.24) is 5.16 Å². The molecule has 2 heterocycles. The molecule has 10 heteroatoms. The standard InChI is InChI=1S/C24H19ClN2O5S2/c1-13-19(12-26-32-13)15-4-7-18(21-8-9-23(25)33-21)20(10-15)27-34(30,31)22-11-16(24(28)29)5-6-17(22)14-2-3-14/h4-12,14,27H,2-3H2,1H3,(H,28,29). The molecule has 2 aromatic carbocycles. The topological polar surface area (TPSA) is 110 Å². The van der Waals surface area contributed by atoms with Gasteiger partial charge in [-0.1, -0.05) is 35.0 Å². The van der Waals surface area contributed by atoms with Crippen molar-refractivity contribution in [2.45, 2.75) is 30.6 Å². The second kappa shape index (κ2) is 8.57. The molecule has 0 aliphatic heterocycles. The third-order valence-corrected chi connectivity index (χ3v) is 8.42. The quantitative estimate of drug-likeness (QED) is 0.295. The van der Waals surface area contributed by atoms with Gasteiger partial charge in [-0.05, 0) is 67.1 Å². The molecule has 2 aromatic heterocycles. The number of halogens is 1. The number of nitrogens with one attached hydrogen (secondary N) is 1. The van der Waals surface area contributed by atoms with Crippen LogP contribution in [0.25, 0.3) is 21.6 Å². The van der Waals surface area contributed by atoms with Gasteiger partial charge in [0.15, 0.2) is 0 Å². The van der Waals surface area contributed by atoms with E-state index in [0.29, 0.717) is 26.9 Å². The van der Waals surface area contributed by atoms with Crippen molar-refractivity contribution >= 4 is 44.6 Å². The Morgan fingerprint density at radius 2 is 1.94 bits per heavy atom. The highest BCUT2D eigenvalue weighted by atomic mass is 35.5. The predicted octanol–water partition coefficient (Wildman–Crippen LogP) is 6.41. The smallest absolute Gasteiger partial charge is 0.335 e. The average Bonchev–Trinajstić information content (AvgIpc) is 3.42. The maximum Gasteiger partial charge on any atom is 0.335 e. The number of carbonyl (C=O) groups is 1. The summed E-state index contributed by atoms with van der Waals surface area (Å²) in [6, 6.07) is 13.3. The van der Waals surface area contributed by atoms with Gasteiger partial charge in [-0.3, -0.25) is 4.72 Å². The van der Waals surface area contributed by atoms with Gasteiger partial charge in [0.05, 0.1) is 26.7 Å². The highest BCUT2D eigenvalue weighted by molar-refractivity contribution is 7.92. The number of benzene rings is 2. The number of thiophene rings is 1. The van der Waals surface area contributed by atoms with Crippen LogP contribution in [0.3, 0.4) is 0 Å². The normalized spacial score (nSPS) is 13.7. The lowest BCUT2D eigenvalue weighted by molar-refractivity contribution is 0.0696. The first kappa shape index (κ1) is 22.6. The first-order valence-corrected chi connectivity index (χ1v) is 13.1. The second-order valence-corrected chi connectivity index (χ2v) is 11.5. The number of rotatable bonds is 7. The van der Waals surface area contributed by atoms with Crippen LogP contribution in [0, 0.1) is 6.92 Å². The molecule has 1 saturated carbocycles. The third-order valence-electron chi connectivity index (χ3n) is 5.73. The Labute approximate surface area is 205 Å². The van der Waals surface area contributed by atoms with E-state index in [4.69, 9.17) is 16.1 Å². The minimum absolute atomic E-state index is 0.0170. The lowest BCUT2D eigenvalue weighted by Gasteiger charge is -2.16. The Balaban J connectivity index is 1.64. The van der Waals surface area contributed by atoms with Gasteiger partial charge in [0.1, 0.15) is 5.76 Å².